The van der Waals surface area contributed by atoms with Crippen LogP contribution in [0.25, 0.3) is 0 Å². The largest absolute Gasteiger partial charge is 0.331 e. The highest BCUT2D eigenvalue weighted by molar-refractivity contribution is 7.86. The molecule has 0 aliphatic heterocycles. The van der Waals surface area contributed by atoms with E-state index >= 15 is 0 Å². The molecule has 1 aromatic carbocycles. The van der Waals surface area contributed by atoms with E-state index in [4.69, 9.17) is 9.92 Å². The quantitative estimate of drug-likeness (QED) is 0.401. The Morgan fingerprint density at radius 3 is 2.00 bits per heavy atom. The van der Waals surface area contributed by atoms with Crippen LogP contribution >= 0.6 is 0 Å². The second-order valence-electron chi connectivity index (χ2n) is 6.24. The van der Waals surface area contributed by atoms with Crippen LogP contribution in [0.1, 0.15) is 78.6 Å². The van der Waals surface area contributed by atoms with Gasteiger partial charge in [0.25, 0.3) is 10.1 Å². The lowest BCUT2D eigenvalue weighted by atomic mass is 10.0. The zero-order valence-electron chi connectivity index (χ0n) is 16.2. The van der Waals surface area contributed by atoms with Crippen LogP contribution in [0, 0.1) is 0 Å². The van der Waals surface area contributed by atoms with Gasteiger partial charge in [0, 0.05) is 0 Å². The summed E-state index contributed by atoms with van der Waals surface area (Å²) in [4.78, 5) is 0.249. The molecule has 0 aliphatic rings. The summed E-state index contributed by atoms with van der Waals surface area (Å²) in [5.74, 6) is 0. The molecule has 25 heavy (non-hydrogen) atoms. The summed E-state index contributed by atoms with van der Waals surface area (Å²) >= 11 is 0. The number of hydrogen-bond acceptors (Lipinski definition) is 4. The van der Waals surface area contributed by atoms with Crippen LogP contribution in [0.4, 0.5) is 0 Å². The van der Waals surface area contributed by atoms with Gasteiger partial charge in [-0.3, -0.25) is 4.18 Å². The Balaban J connectivity index is 0.00000178. The lowest BCUT2D eigenvalue weighted by molar-refractivity contribution is 0.183. The van der Waals surface area contributed by atoms with Crippen molar-refractivity contribution in [1.29, 1.82) is 0 Å². The van der Waals surface area contributed by atoms with Gasteiger partial charge in [-0.05, 0) is 31.5 Å². The van der Waals surface area contributed by atoms with E-state index < -0.39 is 10.1 Å². The van der Waals surface area contributed by atoms with Gasteiger partial charge in [-0.15, -0.1) is 0 Å². The minimum Gasteiger partial charge on any atom is -0.331 e. The van der Waals surface area contributed by atoms with Crippen molar-refractivity contribution in [2.75, 3.05) is 6.54 Å². The second-order valence-corrected chi connectivity index (χ2v) is 7.81. The average Bonchev–Trinajstić information content (AvgIpc) is 2.59. The molecule has 2 N–H and O–H groups in total. The molecule has 0 aromatic heterocycles. The first-order chi connectivity index (χ1) is 12.0. The van der Waals surface area contributed by atoms with Crippen LogP contribution in [0.5, 0.6) is 0 Å². The standard InChI is InChI=1S/C18H30O3S.C2H7N/c1-3-5-6-7-8-10-14-17(13-4-2)21-22(19,20)18-15-11-9-12-16-18;1-2-3/h9,11-12,15-17H,3-8,10,13-14H2,1-2H3;2-3H2,1H3. The normalized spacial score (nSPS) is 12.3. The van der Waals surface area contributed by atoms with Crippen molar-refractivity contribution < 1.29 is 12.6 Å². The van der Waals surface area contributed by atoms with Gasteiger partial charge >= 0.3 is 0 Å². The van der Waals surface area contributed by atoms with Crippen molar-refractivity contribution in [2.45, 2.75) is 89.6 Å². The third kappa shape index (κ3) is 12.1. The maximum absolute atomic E-state index is 12.3. The van der Waals surface area contributed by atoms with Gasteiger partial charge in [0.1, 0.15) is 0 Å². The Hall–Kier alpha value is -0.910. The molecule has 0 saturated heterocycles. The molecule has 146 valence electrons. The molecular weight excluding hydrogens is 334 g/mol. The predicted molar refractivity (Wildman–Crippen MR) is 106 cm³/mol. The Kier molecular flexibility index (Phi) is 14.8. The first kappa shape index (κ1) is 24.1. The molecule has 0 fully saturated rings. The zero-order chi connectivity index (χ0) is 19.0. The minimum atomic E-state index is -3.63. The molecule has 1 unspecified atom stereocenters. The molecule has 0 spiro atoms. The summed E-state index contributed by atoms with van der Waals surface area (Å²) in [5, 5.41) is 0. The van der Waals surface area contributed by atoms with Crippen LogP contribution in [0.2, 0.25) is 0 Å². The van der Waals surface area contributed by atoms with Crippen molar-refractivity contribution in [2.24, 2.45) is 5.73 Å². The summed E-state index contributed by atoms with van der Waals surface area (Å²) in [6.07, 6.45) is 9.61. The predicted octanol–water partition coefficient (Wildman–Crippen LogP) is 5.28. The third-order valence-electron chi connectivity index (χ3n) is 3.78. The molecular formula is C20H37NO3S. The first-order valence-electron chi connectivity index (χ1n) is 9.70. The van der Waals surface area contributed by atoms with Crippen LogP contribution in [0.3, 0.4) is 0 Å². The molecule has 5 heteroatoms. The highest BCUT2D eigenvalue weighted by Crippen LogP contribution is 2.20. The second kappa shape index (κ2) is 15.4. The van der Waals surface area contributed by atoms with E-state index in [0.29, 0.717) is 0 Å². The van der Waals surface area contributed by atoms with Crippen LogP contribution in [0.15, 0.2) is 35.2 Å². The zero-order valence-corrected chi connectivity index (χ0v) is 17.1. The van der Waals surface area contributed by atoms with Gasteiger partial charge in [0.2, 0.25) is 0 Å². The lowest BCUT2D eigenvalue weighted by Gasteiger charge is -2.17. The fourth-order valence-corrected chi connectivity index (χ4v) is 3.69. The summed E-state index contributed by atoms with van der Waals surface area (Å²) in [6, 6.07) is 8.42. The minimum absolute atomic E-state index is 0.193. The number of nitrogens with two attached hydrogens (primary N) is 1. The highest BCUT2D eigenvalue weighted by atomic mass is 32.2. The van der Waals surface area contributed by atoms with Gasteiger partial charge in [-0.25, -0.2) is 0 Å². The fourth-order valence-electron chi connectivity index (χ4n) is 2.54. The van der Waals surface area contributed by atoms with Gasteiger partial charge in [0.15, 0.2) is 0 Å². The maximum Gasteiger partial charge on any atom is 0.297 e. The molecule has 0 saturated carbocycles. The van der Waals surface area contributed by atoms with Crippen molar-refractivity contribution in [3.63, 3.8) is 0 Å². The van der Waals surface area contributed by atoms with Crippen LogP contribution in [-0.4, -0.2) is 21.1 Å². The topological polar surface area (TPSA) is 69.4 Å². The molecule has 1 atom stereocenters. The molecule has 1 aromatic rings. The van der Waals surface area contributed by atoms with Gasteiger partial charge in [-0.1, -0.05) is 83.9 Å². The molecule has 1 rings (SSSR count). The van der Waals surface area contributed by atoms with E-state index in [1.807, 2.05) is 6.92 Å². The van der Waals surface area contributed by atoms with Gasteiger partial charge in [-0.2, -0.15) is 8.42 Å². The maximum atomic E-state index is 12.3. The summed E-state index contributed by atoms with van der Waals surface area (Å²) in [6.45, 7) is 6.92. The number of unbranched alkanes of at least 4 members (excludes halogenated alkanes) is 5. The monoisotopic (exact) mass is 371 g/mol. The van der Waals surface area contributed by atoms with E-state index in [-0.39, 0.29) is 11.0 Å². The molecule has 0 amide bonds. The number of hydrogen-bond donors (Lipinski definition) is 1. The van der Waals surface area contributed by atoms with Gasteiger partial charge in [0.05, 0.1) is 11.0 Å². The summed E-state index contributed by atoms with van der Waals surface area (Å²) in [7, 11) is -3.63. The Morgan fingerprint density at radius 1 is 0.880 bits per heavy atom. The lowest BCUT2D eigenvalue weighted by Crippen LogP contribution is -2.18. The van der Waals surface area contributed by atoms with Crippen molar-refractivity contribution >= 4 is 10.1 Å². The molecule has 0 aliphatic carbocycles. The highest BCUT2D eigenvalue weighted by Gasteiger charge is 2.20. The fraction of sp³-hybridized carbons (Fsp3) is 0.700. The van der Waals surface area contributed by atoms with Gasteiger partial charge < -0.3 is 5.73 Å². The molecule has 0 heterocycles. The number of benzene rings is 1. The molecule has 0 bridgehead atoms. The van der Waals surface area contributed by atoms with E-state index in [0.717, 1.165) is 38.6 Å². The Bertz CT molecular complexity index is 503. The van der Waals surface area contributed by atoms with E-state index in [9.17, 15) is 8.42 Å². The Labute approximate surface area is 155 Å². The van der Waals surface area contributed by atoms with Crippen molar-refractivity contribution in [3.8, 4) is 0 Å². The van der Waals surface area contributed by atoms with Crippen molar-refractivity contribution in [1.82, 2.24) is 0 Å². The van der Waals surface area contributed by atoms with E-state index in [2.05, 4.69) is 13.8 Å². The van der Waals surface area contributed by atoms with E-state index in [1.165, 1.54) is 25.7 Å². The summed E-state index contributed by atoms with van der Waals surface area (Å²) in [5.41, 5.74) is 4.85. The van der Waals surface area contributed by atoms with Crippen LogP contribution in [-0.2, 0) is 14.3 Å². The summed E-state index contributed by atoms with van der Waals surface area (Å²) < 4.78 is 30.0. The molecule has 0 radical (unpaired) electrons. The number of rotatable bonds is 12. The Morgan fingerprint density at radius 2 is 1.44 bits per heavy atom. The first-order valence-corrected chi connectivity index (χ1v) is 11.1. The van der Waals surface area contributed by atoms with E-state index in [1.54, 1.807) is 30.3 Å². The molecule has 4 nitrogen and oxygen atoms in total. The van der Waals surface area contributed by atoms with Crippen LogP contribution < -0.4 is 5.73 Å². The average molecular weight is 372 g/mol. The SMILES string of the molecule is CCCCCCCCC(CCC)OS(=O)(=O)c1ccccc1.CCN. The third-order valence-corrected chi connectivity index (χ3v) is 5.16. The smallest absolute Gasteiger partial charge is 0.297 e. The van der Waals surface area contributed by atoms with Crippen molar-refractivity contribution in [3.05, 3.63) is 30.3 Å².